The first-order valence-corrected chi connectivity index (χ1v) is 6.13. The Labute approximate surface area is 95.4 Å². The number of hydrogen-bond acceptors (Lipinski definition) is 2. The Morgan fingerprint density at radius 1 is 1.50 bits per heavy atom. The molecule has 0 N–H and O–H groups in total. The number of carbonyl (C=O) groups is 1. The standard InChI is InChI=1S/C10H10BrNOS/c11-9-6-8(7-14-9)10(13)12-4-2-1-3-5-12/h1-2,6-7H,3-5H2. The molecular formula is C10H10BrNOS. The normalized spacial score (nSPS) is 15.9. The molecule has 2 rings (SSSR count). The molecule has 0 saturated heterocycles. The minimum absolute atomic E-state index is 0.135. The van der Waals surface area contributed by atoms with Crippen molar-refractivity contribution in [3.63, 3.8) is 0 Å². The molecule has 0 bridgehead atoms. The van der Waals surface area contributed by atoms with E-state index in [-0.39, 0.29) is 5.91 Å². The molecule has 2 nitrogen and oxygen atoms in total. The van der Waals surface area contributed by atoms with E-state index in [4.69, 9.17) is 0 Å². The van der Waals surface area contributed by atoms with Gasteiger partial charge in [-0.2, -0.15) is 0 Å². The van der Waals surface area contributed by atoms with E-state index in [0.717, 1.165) is 28.9 Å². The summed E-state index contributed by atoms with van der Waals surface area (Å²) in [4.78, 5) is 13.8. The lowest BCUT2D eigenvalue weighted by molar-refractivity contribution is 0.0771. The van der Waals surface area contributed by atoms with Crippen LogP contribution in [-0.4, -0.2) is 23.9 Å². The average molecular weight is 272 g/mol. The van der Waals surface area contributed by atoms with Crippen LogP contribution in [0.4, 0.5) is 0 Å². The SMILES string of the molecule is O=C(c1csc(Br)c1)N1CC=CCC1. The number of nitrogens with zero attached hydrogens (tertiary/aromatic N) is 1. The first-order chi connectivity index (χ1) is 6.77. The second-order valence-electron chi connectivity index (χ2n) is 3.15. The minimum atomic E-state index is 0.135. The smallest absolute Gasteiger partial charge is 0.255 e. The summed E-state index contributed by atoms with van der Waals surface area (Å²) in [5.41, 5.74) is 0.789. The van der Waals surface area contributed by atoms with Crippen LogP contribution in [0, 0.1) is 0 Å². The third kappa shape index (κ3) is 2.07. The van der Waals surface area contributed by atoms with E-state index in [2.05, 4.69) is 22.0 Å². The fraction of sp³-hybridized carbons (Fsp3) is 0.300. The van der Waals surface area contributed by atoms with E-state index in [0.29, 0.717) is 0 Å². The summed E-state index contributed by atoms with van der Waals surface area (Å²) in [6, 6.07) is 1.88. The number of halogens is 1. The number of rotatable bonds is 1. The van der Waals surface area contributed by atoms with Crippen LogP contribution >= 0.6 is 27.3 Å². The number of hydrogen-bond donors (Lipinski definition) is 0. The predicted octanol–water partition coefficient (Wildman–Crippen LogP) is 2.91. The van der Waals surface area contributed by atoms with Crippen LogP contribution in [0.25, 0.3) is 0 Å². The van der Waals surface area contributed by atoms with E-state index in [1.165, 1.54) is 0 Å². The van der Waals surface area contributed by atoms with Crippen molar-refractivity contribution in [3.05, 3.63) is 32.9 Å². The highest BCUT2D eigenvalue weighted by atomic mass is 79.9. The molecule has 1 amide bonds. The van der Waals surface area contributed by atoms with Gasteiger partial charge in [0.05, 0.1) is 9.35 Å². The van der Waals surface area contributed by atoms with Crippen LogP contribution in [0.15, 0.2) is 27.4 Å². The molecule has 0 unspecified atom stereocenters. The lowest BCUT2D eigenvalue weighted by atomic mass is 10.2. The van der Waals surface area contributed by atoms with Gasteiger partial charge in [0.2, 0.25) is 0 Å². The van der Waals surface area contributed by atoms with E-state index in [1.807, 2.05) is 22.4 Å². The van der Waals surface area contributed by atoms with Gasteiger partial charge in [-0.15, -0.1) is 11.3 Å². The summed E-state index contributed by atoms with van der Waals surface area (Å²) < 4.78 is 1.01. The zero-order chi connectivity index (χ0) is 9.97. The highest BCUT2D eigenvalue weighted by Gasteiger charge is 2.16. The first kappa shape index (κ1) is 9.93. The average Bonchev–Trinajstić information content (AvgIpc) is 2.65. The van der Waals surface area contributed by atoms with Gasteiger partial charge in [-0.25, -0.2) is 0 Å². The number of thiophene rings is 1. The van der Waals surface area contributed by atoms with Crippen LogP contribution in [0.3, 0.4) is 0 Å². The van der Waals surface area contributed by atoms with Crippen LogP contribution in [0.2, 0.25) is 0 Å². The topological polar surface area (TPSA) is 20.3 Å². The van der Waals surface area contributed by atoms with E-state index < -0.39 is 0 Å². The van der Waals surface area contributed by atoms with Crippen molar-refractivity contribution < 1.29 is 4.79 Å². The van der Waals surface area contributed by atoms with Gasteiger partial charge in [-0.1, -0.05) is 12.2 Å². The van der Waals surface area contributed by atoms with E-state index in [1.54, 1.807) is 11.3 Å². The Hall–Kier alpha value is -0.610. The van der Waals surface area contributed by atoms with Gasteiger partial charge in [0.25, 0.3) is 5.91 Å². The maximum atomic E-state index is 11.9. The van der Waals surface area contributed by atoms with Crippen molar-refractivity contribution in [2.24, 2.45) is 0 Å². The van der Waals surface area contributed by atoms with Gasteiger partial charge in [0.15, 0.2) is 0 Å². The zero-order valence-corrected chi connectivity index (χ0v) is 9.97. The second-order valence-corrected chi connectivity index (χ2v) is 5.44. The van der Waals surface area contributed by atoms with E-state index in [9.17, 15) is 4.79 Å². The number of amides is 1. The number of carbonyl (C=O) groups excluding carboxylic acids is 1. The lowest BCUT2D eigenvalue weighted by Gasteiger charge is -2.22. The first-order valence-electron chi connectivity index (χ1n) is 4.45. The van der Waals surface area contributed by atoms with Gasteiger partial charge < -0.3 is 4.90 Å². The third-order valence-corrected chi connectivity index (χ3v) is 3.66. The predicted molar refractivity (Wildman–Crippen MR) is 61.7 cm³/mol. The molecule has 0 aromatic carbocycles. The Morgan fingerprint density at radius 3 is 2.93 bits per heavy atom. The largest absolute Gasteiger partial charge is 0.335 e. The Bertz CT molecular complexity index is 372. The molecule has 0 radical (unpaired) electrons. The molecule has 1 aromatic rings. The quantitative estimate of drug-likeness (QED) is 0.720. The highest BCUT2D eigenvalue weighted by Crippen LogP contribution is 2.22. The van der Waals surface area contributed by atoms with Crippen molar-refractivity contribution in [3.8, 4) is 0 Å². The molecule has 0 spiro atoms. The second kappa shape index (κ2) is 4.28. The van der Waals surface area contributed by atoms with Crippen molar-refractivity contribution in [1.29, 1.82) is 0 Å². The maximum absolute atomic E-state index is 11.9. The highest BCUT2D eigenvalue weighted by molar-refractivity contribution is 9.11. The molecule has 0 atom stereocenters. The van der Waals surface area contributed by atoms with Gasteiger partial charge in [-0.3, -0.25) is 4.79 Å². The van der Waals surface area contributed by atoms with Crippen molar-refractivity contribution in [2.75, 3.05) is 13.1 Å². The summed E-state index contributed by atoms with van der Waals surface area (Å²) in [7, 11) is 0. The van der Waals surface area contributed by atoms with Crippen LogP contribution < -0.4 is 0 Å². The molecule has 1 aliphatic rings. The molecule has 0 fully saturated rings. The van der Waals surface area contributed by atoms with Gasteiger partial charge in [0.1, 0.15) is 0 Å². The third-order valence-electron chi connectivity index (χ3n) is 2.16. The van der Waals surface area contributed by atoms with Gasteiger partial charge >= 0.3 is 0 Å². The van der Waals surface area contributed by atoms with Crippen LogP contribution in [0.1, 0.15) is 16.8 Å². The Kier molecular flexibility index (Phi) is 3.03. The van der Waals surface area contributed by atoms with Crippen molar-refractivity contribution in [1.82, 2.24) is 4.90 Å². The van der Waals surface area contributed by atoms with Gasteiger partial charge in [0, 0.05) is 18.5 Å². The summed E-state index contributed by atoms with van der Waals surface area (Å²) in [6.07, 6.45) is 5.13. The monoisotopic (exact) mass is 271 g/mol. The molecule has 0 aliphatic carbocycles. The molecule has 0 saturated carbocycles. The van der Waals surface area contributed by atoms with Crippen LogP contribution in [-0.2, 0) is 0 Å². The van der Waals surface area contributed by atoms with Gasteiger partial charge in [-0.05, 0) is 28.4 Å². The summed E-state index contributed by atoms with van der Waals surface area (Å²) in [5.74, 6) is 0.135. The molecule has 1 aromatic heterocycles. The minimum Gasteiger partial charge on any atom is -0.335 e. The summed E-state index contributed by atoms with van der Waals surface area (Å²) >= 11 is 4.91. The molecule has 74 valence electrons. The molecule has 4 heteroatoms. The molecule has 14 heavy (non-hydrogen) atoms. The van der Waals surface area contributed by atoms with E-state index >= 15 is 0 Å². The molecule has 2 heterocycles. The fourth-order valence-electron chi connectivity index (χ4n) is 1.43. The fourth-order valence-corrected chi connectivity index (χ4v) is 2.56. The summed E-state index contributed by atoms with van der Waals surface area (Å²) in [6.45, 7) is 1.58. The molecular weight excluding hydrogens is 262 g/mol. The molecule has 1 aliphatic heterocycles. The van der Waals surface area contributed by atoms with Crippen molar-refractivity contribution in [2.45, 2.75) is 6.42 Å². The maximum Gasteiger partial charge on any atom is 0.255 e. The summed E-state index contributed by atoms with van der Waals surface area (Å²) in [5, 5.41) is 1.89. The van der Waals surface area contributed by atoms with Crippen LogP contribution in [0.5, 0.6) is 0 Å². The zero-order valence-electron chi connectivity index (χ0n) is 7.57. The Morgan fingerprint density at radius 2 is 2.36 bits per heavy atom. The Balaban J connectivity index is 2.11. The lowest BCUT2D eigenvalue weighted by Crippen LogP contribution is -2.33. The van der Waals surface area contributed by atoms with Crippen molar-refractivity contribution >= 4 is 33.2 Å².